The van der Waals surface area contributed by atoms with Crippen LogP contribution in [0, 0.1) is 0 Å². The van der Waals surface area contributed by atoms with E-state index in [2.05, 4.69) is 40.9 Å². The predicted molar refractivity (Wildman–Crippen MR) is 57.2 cm³/mol. The third kappa shape index (κ3) is 3.10. The largest absolute Gasteiger partial charge is 0.316 e. The fraction of sp³-hybridized carbons (Fsp3) is 0.800. The van der Waals surface area contributed by atoms with Crippen molar-refractivity contribution in [2.75, 3.05) is 6.54 Å². The lowest BCUT2D eigenvalue weighted by Crippen LogP contribution is -2.28. The molecule has 0 fully saturated rings. The maximum atomic E-state index is 4.04. The van der Waals surface area contributed by atoms with Crippen molar-refractivity contribution in [3.63, 3.8) is 0 Å². The molecule has 0 saturated carbocycles. The van der Waals surface area contributed by atoms with Crippen molar-refractivity contribution in [3.05, 3.63) is 12.2 Å². The van der Waals surface area contributed by atoms with Gasteiger partial charge in [0.05, 0.1) is 0 Å². The summed E-state index contributed by atoms with van der Waals surface area (Å²) in [7, 11) is 0. The molecule has 1 unspecified atom stereocenters. The maximum Gasteiger partial charge on any atom is 0.132 e. The van der Waals surface area contributed by atoms with Crippen molar-refractivity contribution in [2.24, 2.45) is 0 Å². The quantitative estimate of drug-likeness (QED) is 0.744. The maximum absolute atomic E-state index is 4.04. The second kappa shape index (κ2) is 5.75. The summed E-state index contributed by atoms with van der Waals surface area (Å²) in [6, 6.07) is 0.594. The van der Waals surface area contributed by atoms with Gasteiger partial charge in [0, 0.05) is 25.6 Å². The molecule has 0 aromatic carbocycles. The molecule has 1 atom stereocenters. The third-order valence-electron chi connectivity index (χ3n) is 2.47. The van der Waals surface area contributed by atoms with Gasteiger partial charge in [0.1, 0.15) is 12.2 Å². The first kappa shape index (κ1) is 11.2. The molecule has 0 radical (unpaired) electrons. The highest BCUT2D eigenvalue weighted by molar-refractivity contribution is 4.84. The third-order valence-corrected chi connectivity index (χ3v) is 2.47. The molecule has 0 aliphatic rings. The van der Waals surface area contributed by atoms with Gasteiger partial charge in [0.25, 0.3) is 0 Å². The number of rotatable bonds is 6. The number of aryl methyl sites for hydroxylation is 1. The van der Waals surface area contributed by atoms with E-state index in [1.54, 1.807) is 6.33 Å². The smallest absolute Gasteiger partial charge is 0.132 e. The standard InChI is InChI=1S/C10H20N4/c1-4-9(3)11-6-7-14-8-12-13-10(14)5-2/h8-9,11H,4-7H2,1-3H3. The molecule has 0 aliphatic heterocycles. The normalized spacial score (nSPS) is 13.1. The van der Waals surface area contributed by atoms with E-state index in [1.165, 1.54) is 6.42 Å². The Balaban J connectivity index is 2.31. The minimum Gasteiger partial charge on any atom is -0.316 e. The van der Waals surface area contributed by atoms with Gasteiger partial charge in [0.15, 0.2) is 0 Å². The van der Waals surface area contributed by atoms with Crippen molar-refractivity contribution >= 4 is 0 Å². The lowest BCUT2D eigenvalue weighted by Gasteiger charge is -2.11. The second-order valence-corrected chi connectivity index (χ2v) is 3.56. The molecule has 4 heteroatoms. The minimum atomic E-state index is 0.594. The van der Waals surface area contributed by atoms with E-state index in [0.717, 1.165) is 25.3 Å². The number of hydrogen-bond donors (Lipinski definition) is 1. The summed E-state index contributed by atoms with van der Waals surface area (Å²) in [5, 5.41) is 11.4. The van der Waals surface area contributed by atoms with Gasteiger partial charge in [-0.25, -0.2) is 0 Å². The summed E-state index contributed by atoms with van der Waals surface area (Å²) >= 11 is 0. The zero-order valence-electron chi connectivity index (χ0n) is 9.32. The summed E-state index contributed by atoms with van der Waals surface area (Å²) in [5.41, 5.74) is 0. The van der Waals surface area contributed by atoms with Gasteiger partial charge in [-0.15, -0.1) is 10.2 Å². The Morgan fingerprint density at radius 2 is 2.29 bits per heavy atom. The van der Waals surface area contributed by atoms with Crippen LogP contribution < -0.4 is 5.32 Å². The van der Waals surface area contributed by atoms with E-state index >= 15 is 0 Å². The molecular formula is C10H20N4. The highest BCUT2D eigenvalue weighted by atomic mass is 15.3. The summed E-state index contributed by atoms with van der Waals surface area (Å²) in [6.45, 7) is 8.43. The summed E-state index contributed by atoms with van der Waals surface area (Å²) in [6.07, 6.45) is 3.92. The molecule has 4 nitrogen and oxygen atoms in total. The van der Waals surface area contributed by atoms with Gasteiger partial charge < -0.3 is 9.88 Å². The van der Waals surface area contributed by atoms with Crippen LogP contribution in [0.5, 0.6) is 0 Å². The van der Waals surface area contributed by atoms with E-state index in [9.17, 15) is 0 Å². The van der Waals surface area contributed by atoms with E-state index in [0.29, 0.717) is 6.04 Å². The fourth-order valence-corrected chi connectivity index (χ4v) is 1.32. The monoisotopic (exact) mass is 196 g/mol. The van der Waals surface area contributed by atoms with Gasteiger partial charge >= 0.3 is 0 Å². The van der Waals surface area contributed by atoms with Gasteiger partial charge in [-0.3, -0.25) is 0 Å². The molecule has 0 amide bonds. The first-order valence-electron chi connectivity index (χ1n) is 5.38. The SMILES string of the molecule is CCc1nncn1CCNC(C)CC. The average Bonchev–Trinajstić information content (AvgIpc) is 2.65. The van der Waals surface area contributed by atoms with Crippen LogP contribution in [0.4, 0.5) is 0 Å². The average molecular weight is 196 g/mol. The van der Waals surface area contributed by atoms with Crippen LogP contribution in [0.3, 0.4) is 0 Å². The second-order valence-electron chi connectivity index (χ2n) is 3.56. The van der Waals surface area contributed by atoms with Crippen LogP contribution in [0.15, 0.2) is 6.33 Å². The van der Waals surface area contributed by atoms with Crippen molar-refractivity contribution in [2.45, 2.75) is 46.2 Å². The van der Waals surface area contributed by atoms with Crippen molar-refractivity contribution < 1.29 is 0 Å². The molecule has 1 aromatic rings. The van der Waals surface area contributed by atoms with Crippen LogP contribution >= 0.6 is 0 Å². The highest BCUT2D eigenvalue weighted by Crippen LogP contribution is 1.95. The Bertz CT molecular complexity index is 256. The minimum absolute atomic E-state index is 0.594. The van der Waals surface area contributed by atoms with E-state index in [1.807, 2.05) is 0 Å². The van der Waals surface area contributed by atoms with Crippen molar-refractivity contribution in [1.82, 2.24) is 20.1 Å². The van der Waals surface area contributed by atoms with Crippen molar-refractivity contribution in [1.29, 1.82) is 0 Å². The van der Waals surface area contributed by atoms with E-state index in [4.69, 9.17) is 0 Å². The summed E-state index contributed by atoms with van der Waals surface area (Å²) in [5.74, 6) is 1.07. The Morgan fingerprint density at radius 1 is 1.50 bits per heavy atom. The molecule has 1 N–H and O–H groups in total. The Labute approximate surface area is 85.7 Å². The summed E-state index contributed by atoms with van der Waals surface area (Å²) < 4.78 is 2.11. The molecular weight excluding hydrogens is 176 g/mol. The lowest BCUT2D eigenvalue weighted by atomic mass is 10.2. The molecule has 1 rings (SSSR count). The number of nitrogens with zero attached hydrogens (tertiary/aromatic N) is 3. The van der Waals surface area contributed by atoms with Gasteiger partial charge in [-0.05, 0) is 13.3 Å². The molecule has 0 aliphatic carbocycles. The van der Waals surface area contributed by atoms with Crippen molar-refractivity contribution in [3.8, 4) is 0 Å². The Kier molecular flexibility index (Phi) is 4.59. The molecule has 0 spiro atoms. The molecule has 14 heavy (non-hydrogen) atoms. The number of nitrogens with one attached hydrogen (secondary N) is 1. The van der Waals surface area contributed by atoms with Crippen LogP contribution in [-0.4, -0.2) is 27.4 Å². The van der Waals surface area contributed by atoms with E-state index in [-0.39, 0.29) is 0 Å². The van der Waals surface area contributed by atoms with E-state index < -0.39 is 0 Å². The van der Waals surface area contributed by atoms with Crippen LogP contribution in [0.2, 0.25) is 0 Å². The molecule has 0 saturated heterocycles. The Morgan fingerprint density at radius 3 is 2.93 bits per heavy atom. The van der Waals surface area contributed by atoms with Gasteiger partial charge in [-0.1, -0.05) is 13.8 Å². The molecule has 0 bridgehead atoms. The molecule has 1 aromatic heterocycles. The first-order valence-corrected chi connectivity index (χ1v) is 5.38. The molecule has 80 valence electrons. The fourth-order valence-electron chi connectivity index (χ4n) is 1.32. The molecule has 1 heterocycles. The topological polar surface area (TPSA) is 42.7 Å². The first-order chi connectivity index (χ1) is 6.77. The van der Waals surface area contributed by atoms with Gasteiger partial charge in [-0.2, -0.15) is 0 Å². The predicted octanol–water partition coefficient (Wildman–Crippen LogP) is 1.23. The number of hydrogen-bond acceptors (Lipinski definition) is 3. The van der Waals surface area contributed by atoms with Crippen LogP contribution in [-0.2, 0) is 13.0 Å². The van der Waals surface area contributed by atoms with Crippen LogP contribution in [0.1, 0.15) is 33.0 Å². The zero-order chi connectivity index (χ0) is 10.4. The van der Waals surface area contributed by atoms with Crippen LogP contribution in [0.25, 0.3) is 0 Å². The zero-order valence-corrected chi connectivity index (χ0v) is 9.32. The number of aromatic nitrogens is 3. The summed E-state index contributed by atoms with van der Waals surface area (Å²) in [4.78, 5) is 0. The highest BCUT2D eigenvalue weighted by Gasteiger charge is 2.01. The Hall–Kier alpha value is -0.900. The van der Waals surface area contributed by atoms with Gasteiger partial charge in [0.2, 0.25) is 0 Å². The lowest BCUT2D eigenvalue weighted by molar-refractivity contribution is 0.498.